The van der Waals surface area contributed by atoms with Crippen LogP contribution in [-0.4, -0.2) is 28.3 Å². The number of hydrogen-bond donors (Lipinski definition) is 3. The van der Waals surface area contributed by atoms with E-state index in [1.165, 1.54) is 12.8 Å². The quantitative estimate of drug-likeness (QED) is 0.408. The van der Waals surface area contributed by atoms with E-state index in [1.54, 1.807) is 20.0 Å². The Bertz CT molecular complexity index is 1120. The highest BCUT2D eigenvalue weighted by Gasteiger charge is 2.30. The first kappa shape index (κ1) is 19.8. The molecule has 1 aromatic carbocycles. The Kier molecular flexibility index (Phi) is 5.11. The average molecular weight is 401 g/mol. The van der Waals surface area contributed by atoms with Gasteiger partial charge < -0.3 is 20.3 Å². The molecule has 0 saturated heterocycles. The van der Waals surface area contributed by atoms with E-state index in [1.807, 2.05) is 24.3 Å². The van der Waals surface area contributed by atoms with Crippen molar-refractivity contribution in [2.45, 2.75) is 38.2 Å². The number of fused-ring (bicyclic) bond motifs is 2. The fourth-order valence-corrected chi connectivity index (χ4v) is 3.13. The summed E-state index contributed by atoms with van der Waals surface area (Å²) >= 11 is 0. The van der Waals surface area contributed by atoms with Gasteiger partial charge in [-0.3, -0.25) is 5.41 Å². The van der Waals surface area contributed by atoms with E-state index < -0.39 is 5.60 Å². The van der Waals surface area contributed by atoms with E-state index in [0.717, 1.165) is 16.7 Å². The van der Waals surface area contributed by atoms with E-state index in [2.05, 4.69) is 28.7 Å². The Morgan fingerprint density at radius 3 is 2.73 bits per heavy atom. The molecule has 2 aliphatic rings. The number of aliphatic hydroxyl groups is 1. The zero-order chi connectivity index (χ0) is 21.3. The maximum absolute atomic E-state index is 9.88. The zero-order valence-corrected chi connectivity index (χ0v) is 17.0. The number of hydrogen-bond acceptors (Lipinski definition) is 5. The van der Waals surface area contributed by atoms with Gasteiger partial charge in [0.25, 0.3) is 6.02 Å². The van der Waals surface area contributed by atoms with Crippen LogP contribution < -0.4 is 10.5 Å². The fourth-order valence-electron chi connectivity index (χ4n) is 3.13. The largest absolute Gasteiger partial charge is 0.465 e. The number of nitrogens with two attached hydrogens (primary N) is 1. The monoisotopic (exact) mass is 401 g/mol. The first-order chi connectivity index (χ1) is 14.3. The minimum atomic E-state index is -1.11. The van der Waals surface area contributed by atoms with Gasteiger partial charge in [-0.05, 0) is 51.0 Å². The van der Waals surface area contributed by atoms with Crippen molar-refractivity contribution in [2.75, 3.05) is 6.61 Å². The van der Waals surface area contributed by atoms with Gasteiger partial charge in [0.15, 0.2) is 0 Å². The Morgan fingerprint density at radius 1 is 1.27 bits per heavy atom. The van der Waals surface area contributed by atoms with Gasteiger partial charge in [-0.25, -0.2) is 4.98 Å². The Labute approximate surface area is 175 Å². The molecule has 152 valence electrons. The van der Waals surface area contributed by atoms with Crippen LogP contribution >= 0.6 is 0 Å². The number of aromatic nitrogens is 1. The Balaban J connectivity index is 1.74. The Morgan fingerprint density at radius 2 is 2.03 bits per heavy atom. The van der Waals surface area contributed by atoms with Gasteiger partial charge in [-0.2, -0.15) is 0 Å². The second kappa shape index (κ2) is 7.74. The third-order valence-electron chi connectivity index (χ3n) is 4.76. The number of nitrogens with zero attached hydrogens (tertiary/aromatic N) is 1. The van der Waals surface area contributed by atoms with Crippen molar-refractivity contribution in [3.05, 3.63) is 52.7 Å². The van der Waals surface area contributed by atoms with Crippen LogP contribution in [0.15, 0.2) is 30.5 Å². The lowest BCUT2D eigenvalue weighted by molar-refractivity contribution is 0.143. The predicted octanol–water partition coefficient (Wildman–Crippen LogP) is 3.11. The number of benzene rings is 1. The number of amidine groups is 1. The third kappa shape index (κ3) is 4.74. The number of ether oxygens (including phenoxy) is 2. The van der Waals surface area contributed by atoms with Crippen LogP contribution in [0, 0.1) is 35.0 Å². The highest BCUT2D eigenvalue weighted by atomic mass is 16.5. The molecule has 1 aliphatic heterocycles. The molecule has 6 nitrogen and oxygen atoms in total. The number of rotatable bonds is 2. The lowest BCUT2D eigenvalue weighted by Crippen LogP contribution is -2.22. The van der Waals surface area contributed by atoms with Gasteiger partial charge in [0.1, 0.15) is 18.0 Å². The van der Waals surface area contributed by atoms with E-state index in [4.69, 9.17) is 20.6 Å². The van der Waals surface area contributed by atoms with Crippen LogP contribution in [0.3, 0.4) is 0 Å². The molecule has 0 bridgehead atoms. The molecule has 1 fully saturated rings. The summed E-state index contributed by atoms with van der Waals surface area (Å²) in [4.78, 5) is 4.41. The molecule has 6 heteroatoms. The second-order valence-electron chi connectivity index (χ2n) is 8.05. The van der Waals surface area contributed by atoms with Crippen LogP contribution in [0.4, 0.5) is 0 Å². The minimum Gasteiger partial charge on any atom is -0.465 e. The lowest BCUT2D eigenvalue weighted by atomic mass is 9.88. The highest BCUT2D eigenvalue weighted by molar-refractivity contribution is 5.67. The molecule has 4 N–H and O–H groups in total. The maximum atomic E-state index is 9.88. The van der Waals surface area contributed by atoms with Crippen molar-refractivity contribution in [2.24, 2.45) is 11.7 Å². The van der Waals surface area contributed by atoms with E-state index in [0.29, 0.717) is 23.1 Å². The third-order valence-corrected chi connectivity index (χ3v) is 4.76. The van der Waals surface area contributed by atoms with Gasteiger partial charge in [-0.15, -0.1) is 0 Å². The molecule has 1 atom stereocenters. The molecule has 1 aromatic heterocycles. The molecule has 2 heterocycles. The van der Waals surface area contributed by atoms with E-state index >= 15 is 0 Å². The molecule has 1 aliphatic carbocycles. The predicted molar refractivity (Wildman–Crippen MR) is 113 cm³/mol. The first-order valence-corrected chi connectivity index (χ1v) is 9.84. The topological polar surface area (TPSA) is 101 Å². The summed E-state index contributed by atoms with van der Waals surface area (Å²) in [6.45, 7) is 3.42. The van der Waals surface area contributed by atoms with E-state index in [-0.39, 0.29) is 18.5 Å². The van der Waals surface area contributed by atoms with Crippen LogP contribution in [0.5, 0.6) is 11.6 Å². The highest BCUT2D eigenvalue weighted by Crippen LogP contribution is 2.43. The summed E-state index contributed by atoms with van der Waals surface area (Å²) in [5.41, 5.74) is 7.58. The molecule has 0 amide bonds. The molecular weight excluding hydrogens is 378 g/mol. The van der Waals surface area contributed by atoms with Gasteiger partial charge >= 0.3 is 0 Å². The molecule has 0 spiro atoms. The van der Waals surface area contributed by atoms with Crippen LogP contribution in [-0.2, 0) is 4.74 Å². The Hall–Kier alpha value is -3.48. The first-order valence-electron chi connectivity index (χ1n) is 9.84. The molecule has 30 heavy (non-hydrogen) atoms. The molecule has 4 rings (SSSR count). The van der Waals surface area contributed by atoms with E-state index in [9.17, 15) is 5.11 Å². The number of pyridine rings is 1. The lowest BCUT2D eigenvalue weighted by Gasteiger charge is -2.27. The summed E-state index contributed by atoms with van der Waals surface area (Å²) in [5, 5.41) is 17.3. The molecule has 0 radical (unpaired) electrons. The zero-order valence-electron chi connectivity index (χ0n) is 17.0. The van der Waals surface area contributed by atoms with Crippen LogP contribution in [0.2, 0.25) is 0 Å². The smallest absolute Gasteiger partial charge is 0.279 e. The van der Waals surface area contributed by atoms with Crippen molar-refractivity contribution < 1.29 is 14.6 Å². The van der Waals surface area contributed by atoms with Crippen LogP contribution in [0.1, 0.15) is 54.9 Å². The summed E-state index contributed by atoms with van der Waals surface area (Å²) in [6.07, 6.45) is 3.95. The SMILES string of the molecule is CC(C)(O)C#Cc1cnc2c(c1)C(COC(=N)N)c1cc(C#CC3CC3)ccc1O2. The van der Waals surface area contributed by atoms with Crippen LogP contribution in [0.25, 0.3) is 0 Å². The summed E-state index contributed by atoms with van der Waals surface area (Å²) in [5.74, 6) is 13.7. The minimum absolute atomic E-state index is 0.169. The fraction of sp³-hybridized carbons (Fsp3) is 0.333. The maximum Gasteiger partial charge on any atom is 0.279 e. The second-order valence-corrected chi connectivity index (χ2v) is 8.05. The summed E-state index contributed by atoms with van der Waals surface area (Å²) < 4.78 is 11.4. The van der Waals surface area contributed by atoms with Gasteiger partial charge in [0.05, 0.1) is 5.92 Å². The molecular formula is C24H23N3O3. The average Bonchev–Trinajstić information content (AvgIpc) is 3.52. The van der Waals surface area contributed by atoms with Crippen molar-refractivity contribution in [3.8, 4) is 35.3 Å². The van der Waals surface area contributed by atoms with Gasteiger partial charge in [-0.1, -0.05) is 23.7 Å². The standard InChI is InChI=1S/C24H23N3O3/c1-24(2,28)10-9-17-12-19-20(14-29-23(25)26)18-11-16(6-5-15-3-4-15)7-8-21(18)30-22(19)27-13-17/h7-8,11-13,15,20,28H,3-4,14H2,1-2H3,(H3,25,26). The molecule has 1 unspecified atom stereocenters. The number of nitrogens with one attached hydrogen (secondary N) is 1. The van der Waals surface area contributed by atoms with Crippen molar-refractivity contribution in [1.82, 2.24) is 4.98 Å². The normalized spacial score (nSPS) is 16.6. The molecule has 2 aromatic rings. The van der Waals surface area contributed by atoms with Gasteiger partial charge in [0.2, 0.25) is 5.88 Å². The van der Waals surface area contributed by atoms with Crippen molar-refractivity contribution >= 4 is 6.02 Å². The summed E-state index contributed by atoms with van der Waals surface area (Å²) in [6, 6.07) is 7.35. The van der Waals surface area contributed by atoms with Gasteiger partial charge in [0, 0.05) is 34.4 Å². The summed E-state index contributed by atoms with van der Waals surface area (Å²) in [7, 11) is 0. The van der Waals surface area contributed by atoms with Crippen molar-refractivity contribution in [3.63, 3.8) is 0 Å². The molecule has 1 saturated carbocycles. The van der Waals surface area contributed by atoms with Crippen molar-refractivity contribution in [1.29, 1.82) is 5.41 Å².